The smallest absolute Gasteiger partial charge is 0.201 e. The molecule has 4 heteroatoms. The molecule has 1 aliphatic carbocycles. The van der Waals surface area contributed by atoms with Gasteiger partial charge < -0.3 is 4.74 Å². The Bertz CT molecular complexity index is 795. The minimum absolute atomic E-state index is 0.0457. The van der Waals surface area contributed by atoms with Gasteiger partial charge in [0, 0.05) is 11.6 Å². The van der Waals surface area contributed by atoms with Crippen LogP contribution in [0.2, 0.25) is 0 Å². The fourth-order valence-corrected chi connectivity index (χ4v) is 3.84. The highest BCUT2D eigenvalue weighted by Crippen LogP contribution is 2.37. The van der Waals surface area contributed by atoms with Crippen LogP contribution in [0.25, 0.3) is 11.1 Å². The van der Waals surface area contributed by atoms with E-state index in [-0.39, 0.29) is 11.3 Å². The Kier molecular flexibility index (Phi) is 5.70. The van der Waals surface area contributed by atoms with E-state index < -0.39 is 11.6 Å². The Labute approximate surface area is 153 Å². The highest BCUT2D eigenvalue weighted by Gasteiger charge is 2.22. The molecule has 0 amide bonds. The lowest BCUT2D eigenvalue weighted by atomic mass is 9.81. The van der Waals surface area contributed by atoms with Crippen LogP contribution >= 0.6 is 0 Å². The lowest BCUT2D eigenvalue weighted by Gasteiger charge is -2.27. The third-order valence-electron chi connectivity index (χ3n) is 5.31. The van der Waals surface area contributed by atoms with Gasteiger partial charge in [-0.25, -0.2) is 4.39 Å². The molecule has 0 N–H and O–H groups in total. The molecule has 3 rings (SSSR count). The van der Waals surface area contributed by atoms with Crippen molar-refractivity contribution in [3.63, 3.8) is 0 Å². The summed E-state index contributed by atoms with van der Waals surface area (Å²) in [7, 11) is 0. The van der Waals surface area contributed by atoms with Crippen LogP contribution in [0.5, 0.6) is 5.75 Å². The summed E-state index contributed by atoms with van der Waals surface area (Å²) in [5.41, 5.74) is 3.21. The Balaban J connectivity index is 1.87. The zero-order valence-corrected chi connectivity index (χ0v) is 15.4. The second-order valence-corrected chi connectivity index (χ2v) is 6.93. The predicted octanol–water partition coefficient (Wildman–Crippen LogP) is 6.07. The molecule has 2 aromatic carbocycles. The van der Waals surface area contributed by atoms with Gasteiger partial charge in [-0.05, 0) is 81.0 Å². The quantitative estimate of drug-likeness (QED) is 0.596. The summed E-state index contributed by atoms with van der Waals surface area (Å²) in [6.45, 7) is 7.64. The van der Waals surface area contributed by atoms with Gasteiger partial charge in [-0.15, -0.1) is 0 Å². The molecular formula is C22H25F2NO. The minimum Gasteiger partial charge on any atom is -0.491 e. The highest BCUT2D eigenvalue weighted by molar-refractivity contribution is 5.69. The number of ether oxygens (including phenoxy) is 1. The molecule has 0 heterocycles. The van der Waals surface area contributed by atoms with Crippen LogP contribution in [0, 0.1) is 18.6 Å². The molecule has 2 aromatic rings. The molecule has 0 saturated heterocycles. The highest BCUT2D eigenvalue weighted by atomic mass is 19.2. The van der Waals surface area contributed by atoms with Crippen molar-refractivity contribution >= 4 is 6.72 Å². The van der Waals surface area contributed by atoms with E-state index in [9.17, 15) is 8.78 Å². The molecule has 0 spiro atoms. The molecule has 138 valence electrons. The number of hydrogen-bond donors (Lipinski definition) is 0. The first-order chi connectivity index (χ1) is 12.5. The fourth-order valence-electron chi connectivity index (χ4n) is 3.84. The number of benzene rings is 2. The maximum Gasteiger partial charge on any atom is 0.201 e. The largest absolute Gasteiger partial charge is 0.491 e. The molecule has 26 heavy (non-hydrogen) atoms. The van der Waals surface area contributed by atoms with Gasteiger partial charge in [-0.2, -0.15) is 4.39 Å². The molecule has 0 aromatic heterocycles. The first-order valence-electron chi connectivity index (χ1n) is 9.22. The van der Waals surface area contributed by atoms with Gasteiger partial charge in [0.05, 0.1) is 6.61 Å². The van der Waals surface area contributed by atoms with Crippen LogP contribution in [-0.4, -0.2) is 19.4 Å². The summed E-state index contributed by atoms with van der Waals surface area (Å²) in [5, 5.41) is 0. The van der Waals surface area contributed by atoms with Gasteiger partial charge in [0.1, 0.15) is 0 Å². The fraction of sp³-hybridized carbons (Fsp3) is 0.409. The second kappa shape index (κ2) is 7.98. The van der Waals surface area contributed by atoms with E-state index in [0.29, 0.717) is 18.6 Å². The van der Waals surface area contributed by atoms with Crippen molar-refractivity contribution in [1.82, 2.24) is 0 Å². The Morgan fingerprint density at radius 3 is 2.35 bits per heavy atom. The van der Waals surface area contributed by atoms with Crippen molar-refractivity contribution in [1.29, 1.82) is 0 Å². The molecule has 0 bridgehead atoms. The zero-order chi connectivity index (χ0) is 18.7. The molecule has 1 fully saturated rings. The zero-order valence-electron chi connectivity index (χ0n) is 15.4. The van der Waals surface area contributed by atoms with Crippen LogP contribution in [0.3, 0.4) is 0 Å². The third kappa shape index (κ3) is 3.64. The molecule has 0 unspecified atom stereocenters. The van der Waals surface area contributed by atoms with Gasteiger partial charge >= 0.3 is 0 Å². The van der Waals surface area contributed by atoms with Crippen molar-refractivity contribution < 1.29 is 13.5 Å². The van der Waals surface area contributed by atoms with Crippen LogP contribution < -0.4 is 4.74 Å². The first kappa shape index (κ1) is 18.6. The van der Waals surface area contributed by atoms with Gasteiger partial charge in [0.15, 0.2) is 11.6 Å². The van der Waals surface area contributed by atoms with Crippen molar-refractivity contribution in [3.8, 4) is 16.9 Å². The van der Waals surface area contributed by atoms with Crippen molar-refractivity contribution in [2.45, 2.75) is 51.5 Å². The maximum atomic E-state index is 14.5. The van der Waals surface area contributed by atoms with Crippen molar-refractivity contribution in [2.24, 2.45) is 4.99 Å². The summed E-state index contributed by atoms with van der Waals surface area (Å²) in [5.74, 6) is -1.33. The first-order valence-corrected chi connectivity index (χ1v) is 9.22. The SMILES string of the molecule is C=NC1CCC(c2ccc(-c3ccc(OCC)c(F)c3F)c(C)c2)CC1. The van der Waals surface area contributed by atoms with E-state index in [0.717, 1.165) is 36.8 Å². The second-order valence-electron chi connectivity index (χ2n) is 6.93. The Hall–Kier alpha value is -2.23. The van der Waals surface area contributed by atoms with E-state index >= 15 is 0 Å². The lowest BCUT2D eigenvalue weighted by Crippen LogP contribution is -2.15. The number of aliphatic imine (C=N–C) groups is 1. The average molecular weight is 357 g/mol. The van der Waals surface area contributed by atoms with E-state index in [4.69, 9.17) is 4.74 Å². The van der Waals surface area contributed by atoms with Crippen LogP contribution in [0.1, 0.15) is 49.7 Å². The van der Waals surface area contributed by atoms with Gasteiger partial charge in [0.2, 0.25) is 5.82 Å². The molecule has 0 radical (unpaired) electrons. The molecule has 2 nitrogen and oxygen atoms in total. The maximum absolute atomic E-state index is 14.5. The van der Waals surface area contributed by atoms with Crippen molar-refractivity contribution in [2.75, 3.05) is 6.61 Å². The predicted molar refractivity (Wildman–Crippen MR) is 102 cm³/mol. The molecule has 1 saturated carbocycles. The van der Waals surface area contributed by atoms with E-state index in [1.165, 1.54) is 11.6 Å². The monoisotopic (exact) mass is 357 g/mol. The Morgan fingerprint density at radius 2 is 1.73 bits per heavy atom. The van der Waals surface area contributed by atoms with E-state index in [2.05, 4.69) is 17.8 Å². The molecular weight excluding hydrogens is 332 g/mol. The van der Waals surface area contributed by atoms with Crippen molar-refractivity contribution in [3.05, 3.63) is 53.1 Å². The van der Waals surface area contributed by atoms with Crippen LogP contribution in [0.15, 0.2) is 35.3 Å². The number of aryl methyl sites for hydroxylation is 1. The Morgan fingerprint density at radius 1 is 1.04 bits per heavy atom. The van der Waals surface area contributed by atoms with Gasteiger partial charge in [0.25, 0.3) is 0 Å². The minimum atomic E-state index is -0.928. The topological polar surface area (TPSA) is 21.6 Å². The summed E-state index contributed by atoms with van der Waals surface area (Å²) < 4.78 is 33.8. The standard InChI is InChI=1S/C22H25F2NO/c1-4-26-20-12-11-19(21(23)22(20)24)18-10-7-16(13-14(18)2)15-5-8-17(25-3)9-6-15/h7,10-13,15,17H,3-6,8-9H2,1-2H3. The average Bonchev–Trinajstić information content (AvgIpc) is 2.66. The third-order valence-corrected chi connectivity index (χ3v) is 5.31. The molecule has 0 aliphatic heterocycles. The van der Waals surface area contributed by atoms with E-state index in [1.807, 2.05) is 19.1 Å². The summed E-state index contributed by atoms with van der Waals surface area (Å²) in [6, 6.07) is 9.52. The lowest BCUT2D eigenvalue weighted by molar-refractivity contribution is 0.314. The van der Waals surface area contributed by atoms with Gasteiger partial charge in [-0.3, -0.25) is 4.99 Å². The molecule has 0 atom stereocenters. The number of hydrogen-bond acceptors (Lipinski definition) is 2. The summed E-state index contributed by atoms with van der Waals surface area (Å²) in [4.78, 5) is 4.15. The summed E-state index contributed by atoms with van der Waals surface area (Å²) in [6.07, 6.45) is 4.31. The van der Waals surface area contributed by atoms with Crippen LogP contribution in [0.4, 0.5) is 8.78 Å². The van der Waals surface area contributed by atoms with Crippen LogP contribution in [-0.2, 0) is 0 Å². The number of rotatable bonds is 5. The van der Waals surface area contributed by atoms with E-state index in [1.54, 1.807) is 13.0 Å². The van der Waals surface area contributed by atoms with Gasteiger partial charge in [-0.1, -0.05) is 18.2 Å². The number of nitrogens with zero attached hydrogens (tertiary/aromatic N) is 1. The molecule has 1 aliphatic rings. The summed E-state index contributed by atoms with van der Waals surface area (Å²) >= 11 is 0. The normalized spacial score (nSPS) is 20.0. The number of halogens is 2.